The van der Waals surface area contributed by atoms with E-state index in [9.17, 15) is 97.8 Å². The molecule has 40 heteroatoms. The van der Waals surface area contributed by atoms with Gasteiger partial charge in [-0.3, -0.25) is 67.3 Å². The van der Waals surface area contributed by atoms with Crippen LogP contribution in [0.1, 0.15) is 110 Å². The Morgan fingerprint density at radius 1 is 0.569 bits per heavy atom. The third-order valence-corrected chi connectivity index (χ3v) is 18.2. The van der Waals surface area contributed by atoms with Gasteiger partial charge in [0.15, 0.2) is 5.96 Å². The first-order valence-corrected chi connectivity index (χ1v) is 36.9. The summed E-state index contributed by atoms with van der Waals surface area (Å²) in [6, 6.07) is -7.84. The second-order valence-electron chi connectivity index (χ2n) is 27.2. The minimum atomic E-state index is -1.98. The first-order valence-electron chi connectivity index (χ1n) is 35.6. The number of H-pyrrole nitrogens is 1. The zero-order valence-corrected chi connectivity index (χ0v) is 63.2. The van der Waals surface area contributed by atoms with Crippen LogP contribution in [0.15, 0.2) is 59.7 Å². The van der Waals surface area contributed by atoms with Gasteiger partial charge in [0.25, 0.3) is 0 Å². The Morgan fingerprint density at radius 3 is 1.62 bits per heavy atom. The fourth-order valence-corrected chi connectivity index (χ4v) is 12.2. The van der Waals surface area contributed by atoms with Crippen molar-refractivity contribution in [2.45, 2.75) is 196 Å². The maximum absolute atomic E-state index is 14.7. The van der Waals surface area contributed by atoms with Gasteiger partial charge < -0.3 is 122 Å². The zero-order chi connectivity index (χ0) is 81.4. The van der Waals surface area contributed by atoms with Crippen LogP contribution in [0.4, 0.5) is 0 Å². The molecule has 604 valence electrons. The van der Waals surface area contributed by atoms with Crippen LogP contribution in [0, 0.1) is 11.8 Å². The number of aliphatic hydroxyl groups excluding tert-OH is 3. The van der Waals surface area contributed by atoms with E-state index in [0.717, 1.165) is 0 Å². The molecule has 12 amide bonds. The summed E-state index contributed by atoms with van der Waals surface area (Å²) in [5.41, 5.74) is 23.6. The summed E-state index contributed by atoms with van der Waals surface area (Å²) < 4.78 is 0. The molecule has 0 spiro atoms. The molecule has 1 fully saturated rings. The topological polar surface area (TPSA) is 628 Å². The van der Waals surface area contributed by atoms with Crippen LogP contribution in [-0.4, -0.2) is 258 Å². The maximum atomic E-state index is 14.7. The molecule has 0 aliphatic carbocycles. The van der Waals surface area contributed by atoms with Gasteiger partial charge in [0, 0.05) is 54.5 Å². The Morgan fingerprint density at radius 2 is 1.06 bits per heavy atom. The maximum Gasteiger partial charge on any atom is 0.326 e. The SMILES string of the molecule is CC(C)C[C@H](NC(=O)[C@H](CS)NC(=O)[C@@H](NC(=O)[C@@H](N)CO)[C@@H](C)O)C(=O)N[C@@H](CO)C(=O)N[C@@H](CC(C)C)C(=O)N1CCC[C@H]1C(=O)N[C@@H](CCCCN)C(=O)N[C@@H](CS)C(=O)N[C@@H](Cc1c[nH]c2ccccc12)C(=O)N[C@@H](CC(=O)O)C(=O)N[C@@H](Cc1ccc(O)cc1)C(=O)N[C@@H](CCCN=C(N)N)C(=O)O. The number of nitrogens with zero attached hydrogens (tertiary/aromatic N) is 2. The average molecular weight is 1570 g/mol. The Hall–Kier alpha value is -9.87. The number of aliphatic imine (C=N–C) groups is 1. The van der Waals surface area contributed by atoms with Gasteiger partial charge in [-0.1, -0.05) is 58.0 Å². The molecule has 0 saturated carbocycles. The van der Waals surface area contributed by atoms with Crippen molar-refractivity contribution in [3.63, 3.8) is 0 Å². The Balaban J connectivity index is 1.57. The number of thiol groups is 2. The number of para-hydroxylation sites is 1. The van der Waals surface area contributed by atoms with Gasteiger partial charge >= 0.3 is 11.9 Å². The summed E-state index contributed by atoms with van der Waals surface area (Å²) in [7, 11) is 0. The molecule has 0 radical (unpaired) electrons. The molecular formula is C69H106N18O20S2. The van der Waals surface area contributed by atoms with Crippen LogP contribution in [0.3, 0.4) is 0 Å². The number of hydrogen-bond acceptors (Lipinski definition) is 23. The minimum Gasteiger partial charge on any atom is -0.508 e. The predicted octanol–water partition coefficient (Wildman–Crippen LogP) is -5.63. The molecule has 3 aromatic rings. The van der Waals surface area contributed by atoms with Gasteiger partial charge in [-0.25, -0.2) is 4.79 Å². The number of aliphatic carboxylic acids is 2. The third kappa shape index (κ3) is 29.9. The summed E-state index contributed by atoms with van der Waals surface area (Å²) in [4.78, 5) is 202. The monoisotopic (exact) mass is 1570 g/mol. The number of aromatic amines is 1. The van der Waals surface area contributed by atoms with Crippen LogP contribution < -0.4 is 81.4 Å². The van der Waals surface area contributed by atoms with E-state index < -0.39 is 193 Å². The van der Waals surface area contributed by atoms with E-state index >= 15 is 0 Å². The molecule has 1 aliphatic rings. The van der Waals surface area contributed by atoms with E-state index in [1.165, 1.54) is 36.1 Å². The highest BCUT2D eigenvalue weighted by atomic mass is 32.1. The highest BCUT2D eigenvalue weighted by Gasteiger charge is 2.42. The smallest absolute Gasteiger partial charge is 0.326 e. The fraction of sp³-hybridized carbons (Fsp3) is 0.580. The molecule has 1 aliphatic heterocycles. The number of carbonyl (C=O) groups excluding carboxylic acids is 12. The molecule has 4 rings (SSSR count). The molecule has 0 unspecified atom stereocenters. The van der Waals surface area contributed by atoms with Crippen LogP contribution >= 0.6 is 25.3 Å². The summed E-state index contributed by atoms with van der Waals surface area (Å²) in [6.07, 6.45) is -0.956. The second kappa shape index (κ2) is 45.8. The molecule has 1 aromatic heterocycles. The number of nitrogens with two attached hydrogens (primary N) is 4. The minimum absolute atomic E-state index is 0.00287. The summed E-state index contributed by atoms with van der Waals surface area (Å²) >= 11 is 8.52. The van der Waals surface area contributed by atoms with Crippen LogP contribution in [-0.2, 0) is 80.0 Å². The standard InChI is InChI=1S/C69H106N18O20S2/c1-34(2)24-45(78-64(102)52(33-109)85-66(104)55(36(5)90)86-56(94)41(71)30-88)58(96)83-50(31-89)62(100)82-49(25-35(3)4)67(105)87-23-11-16-53(87)65(103)76-43(14-8-9-21-70)57(95)84-51(32-108)63(101)80-47(27-38-29-75-42-13-7-6-12-40(38)42)60(98)81-48(28-54(92)93)61(99)79-46(26-37-17-19-39(91)20-18-37)59(97)77-44(68(106)107)15-10-22-74-69(72)73/h6-7,12-13,17-20,29,34-36,41,43-53,55,75,88-91,108-109H,8-11,14-16,21-28,30-33,70-71H2,1-5H3,(H,76,103)(H,77,97)(H,78,102)(H,79,99)(H,80,101)(H,81,98)(H,82,100)(H,83,96)(H,84,95)(H,85,104)(H,86,94)(H,92,93)(H,106,107)(H4,72,73,74)/t36-,41+,43+,44+,45+,46+,47+,48+,49+,50+,51+,52+,53+,55+/m1/s1. The van der Waals surface area contributed by atoms with E-state index in [0.29, 0.717) is 28.5 Å². The Bertz CT molecular complexity index is 3640. The van der Waals surface area contributed by atoms with Gasteiger partial charge in [-0.05, 0) is 112 Å². The van der Waals surface area contributed by atoms with Crippen molar-refractivity contribution in [3.8, 4) is 5.75 Å². The Labute approximate surface area is 640 Å². The highest BCUT2D eigenvalue weighted by molar-refractivity contribution is 7.80. The normalized spacial score (nSPS) is 16.3. The van der Waals surface area contributed by atoms with Crippen LogP contribution in [0.5, 0.6) is 5.75 Å². The number of amides is 12. The molecular weight excluding hydrogens is 1460 g/mol. The van der Waals surface area contributed by atoms with Crippen molar-refractivity contribution in [1.82, 2.24) is 68.4 Å². The lowest BCUT2D eigenvalue weighted by Crippen LogP contribution is -2.62. The average Bonchev–Trinajstić information content (AvgIpc) is 1.72. The number of aliphatic hydroxyl groups is 3. The zero-order valence-electron chi connectivity index (χ0n) is 61.4. The number of carboxylic acids is 2. The van der Waals surface area contributed by atoms with Gasteiger partial charge in [-0.15, -0.1) is 0 Å². The number of carboxylic acid groups (broad SMARTS) is 2. The van der Waals surface area contributed by atoms with E-state index in [4.69, 9.17) is 22.9 Å². The first kappa shape index (κ1) is 91.5. The molecule has 1 saturated heterocycles. The number of rotatable bonds is 47. The molecule has 2 aromatic carbocycles. The van der Waals surface area contributed by atoms with Crippen molar-refractivity contribution in [3.05, 3.63) is 65.9 Å². The number of likely N-dealkylation sites (tertiary alicyclic amines) is 1. The van der Waals surface area contributed by atoms with E-state index in [-0.39, 0.29) is 113 Å². The molecule has 26 N–H and O–H groups in total. The van der Waals surface area contributed by atoms with Gasteiger partial charge in [0.2, 0.25) is 70.9 Å². The van der Waals surface area contributed by atoms with Gasteiger partial charge in [0.1, 0.15) is 84.3 Å². The first-order chi connectivity index (χ1) is 51.6. The molecule has 38 nitrogen and oxygen atoms in total. The van der Waals surface area contributed by atoms with Crippen LogP contribution in [0.25, 0.3) is 10.9 Å². The molecule has 109 heavy (non-hydrogen) atoms. The quantitative estimate of drug-likeness (QED) is 0.0108. The number of phenols is 1. The number of hydrogen-bond donors (Lipinski definition) is 24. The number of fused-ring (bicyclic) bond motifs is 1. The largest absolute Gasteiger partial charge is 0.508 e. The molecule has 14 atom stereocenters. The Kier molecular flexibility index (Phi) is 38.5. The molecule has 0 bridgehead atoms. The number of benzene rings is 2. The van der Waals surface area contributed by atoms with E-state index in [1.54, 1.807) is 58.2 Å². The van der Waals surface area contributed by atoms with Gasteiger partial charge in [-0.2, -0.15) is 25.3 Å². The second-order valence-corrected chi connectivity index (χ2v) is 28.0. The fourth-order valence-electron chi connectivity index (χ4n) is 11.7. The molecule has 2 heterocycles. The highest BCUT2D eigenvalue weighted by Crippen LogP contribution is 2.23. The van der Waals surface area contributed by atoms with Crippen molar-refractivity contribution in [2.24, 2.45) is 39.8 Å². The number of aromatic nitrogens is 1. The lowest BCUT2D eigenvalue weighted by atomic mass is 10.0. The van der Waals surface area contributed by atoms with Gasteiger partial charge in [0.05, 0.1) is 25.7 Å². The number of carbonyl (C=O) groups is 14. The van der Waals surface area contributed by atoms with Crippen molar-refractivity contribution in [1.29, 1.82) is 0 Å². The number of unbranched alkanes of at least 4 members (excludes halogenated alkanes) is 1. The number of guanidine groups is 1. The predicted molar refractivity (Wildman–Crippen MR) is 403 cm³/mol. The summed E-state index contributed by atoms with van der Waals surface area (Å²) in [6.45, 7) is 6.49. The number of aromatic hydroxyl groups is 1. The lowest BCUT2D eigenvalue weighted by molar-refractivity contribution is -0.143. The lowest BCUT2D eigenvalue weighted by Gasteiger charge is -2.31. The van der Waals surface area contributed by atoms with E-state index in [2.05, 4.69) is 93.7 Å². The van der Waals surface area contributed by atoms with Crippen molar-refractivity contribution >= 4 is 125 Å². The van der Waals surface area contributed by atoms with Crippen molar-refractivity contribution < 1.29 is 97.8 Å². The third-order valence-electron chi connectivity index (χ3n) is 17.4. The summed E-state index contributed by atoms with van der Waals surface area (Å²) in [5.74, 6) is -16.7. The van der Waals surface area contributed by atoms with Crippen LogP contribution in [0.2, 0.25) is 0 Å². The van der Waals surface area contributed by atoms with E-state index in [1.807, 2.05) is 0 Å². The summed E-state index contributed by atoms with van der Waals surface area (Å²) in [5, 5.41) is 87.9. The number of phenolic OH excluding ortho intramolecular Hbond substituents is 1. The van der Waals surface area contributed by atoms with Crippen molar-refractivity contribution in [2.75, 3.05) is 44.4 Å². The number of nitrogens with one attached hydrogen (secondary N) is 12.